The van der Waals surface area contributed by atoms with Crippen LogP contribution in [0.2, 0.25) is 0 Å². The molecule has 2 heteroatoms. The van der Waals surface area contributed by atoms with Gasteiger partial charge >= 0.3 is 0 Å². The molecule has 1 unspecified atom stereocenters. The van der Waals surface area contributed by atoms with Gasteiger partial charge in [0.2, 0.25) is 0 Å². The molecule has 2 nitrogen and oxygen atoms in total. The Morgan fingerprint density at radius 3 is 2.38 bits per heavy atom. The third kappa shape index (κ3) is 3.24. The maximum absolute atomic E-state index is 10.4. The van der Waals surface area contributed by atoms with Crippen molar-refractivity contribution in [3.63, 3.8) is 0 Å². The van der Waals surface area contributed by atoms with Crippen molar-refractivity contribution in [2.24, 2.45) is 5.92 Å². The van der Waals surface area contributed by atoms with E-state index in [2.05, 4.69) is 0 Å². The van der Waals surface area contributed by atoms with Crippen LogP contribution >= 0.6 is 0 Å². The van der Waals surface area contributed by atoms with Crippen LogP contribution in [0.15, 0.2) is 11.8 Å². The quantitative estimate of drug-likeness (QED) is 0.779. The van der Waals surface area contributed by atoms with E-state index in [9.17, 15) is 5.11 Å². The van der Waals surface area contributed by atoms with E-state index in [0.717, 1.165) is 25.0 Å². The van der Waals surface area contributed by atoms with E-state index in [0.29, 0.717) is 5.92 Å². The Balaban J connectivity index is 1.90. The summed E-state index contributed by atoms with van der Waals surface area (Å²) >= 11 is 0. The summed E-state index contributed by atoms with van der Waals surface area (Å²) in [5.41, 5.74) is 1.14. The molecule has 2 rings (SSSR count). The molecule has 1 N–H and O–H groups in total. The molecule has 0 aromatic carbocycles. The van der Waals surface area contributed by atoms with E-state index in [1.807, 2.05) is 6.26 Å². The number of ether oxygens (including phenoxy) is 1. The minimum Gasteiger partial charge on any atom is -0.501 e. The average molecular weight is 224 g/mol. The van der Waals surface area contributed by atoms with Crippen LogP contribution in [0.1, 0.15) is 57.8 Å². The van der Waals surface area contributed by atoms with Crippen LogP contribution in [0.25, 0.3) is 0 Å². The summed E-state index contributed by atoms with van der Waals surface area (Å²) in [5, 5.41) is 10.4. The van der Waals surface area contributed by atoms with Crippen LogP contribution in [-0.4, -0.2) is 17.8 Å². The topological polar surface area (TPSA) is 29.5 Å². The van der Waals surface area contributed by atoms with Gasteiger partial charge in [-0.05, 0) is 37.2 Å². The summed E-state index contributed by atoms with van der Waals surface area (Å²) in [5.74, 6) is 0.480. The van der Waals surface area contributed by atoms with Crippen LogP contribution in [0.4, 0.5) is 0 Å². The third-order valence-corrected chi connectivity index (χ3v) is 3.94. The maximum atomic E-state index is 10.4. The fraction of sp³-hybridized carbons (Fsp3) is 0.857. The van der Waals surface area contributed by atoms with Crippen LogP contribution in [-0.2, 0) is 4.74 Å². The van der Waals surface area contributed by atoms with Crippen LogP contribution < -0.4 is 0 Å². The molecule has 1 atom stereocenters. The molecule has 0 amide bonds. The van der Waals surface area contributed by atoms with Crippen LogP contribution in [0.3, 0.4) is 0 Å². The summed E-state index contributed by atoms with van der Waals surface area (Å²) in [6.07, 6.45) is 12.7. The molecule has 0 radical (unpaired) electrons. The second kappa shape index (κ2) is 6.29. The monoisotopic (exact) mass is 224 g/mol. The van der Waals surface area contributed by atoms with Gasteiger partial charge in [-0.25, -0.2) is 0 Å². The number of aliphatic hydroxyl groups excluding tert-OH is 1. The van der Waals surface area contributed by atoms with Gasteiger partial charge in [0.25, 0.3) is 0 Å². The lowest BCUT2D eigenvalue weighted by Crippen LogP contribution is -2.25. The molecule has 0 bridgehead atoms. The van der Waals surface area contributed by atoms with E-state index in [4.69, 9.17) is 4.74 Å². The Labute approximate surface area is 98.7 Å². The van der Waals surface area contributed by atoms with Gasteiger partial charge in [0.1, 0.15) is 0 Å². The van der Waals surface area contributed by atoms with Crippen molar-refractivity contribution in [3.8, 4) is 0 Å². The predicted molar refractivity (Wildman–Crippen MR) is 65.1 cm³/mol. The lowest BCUT2D eigenvalue weighted by Gasteiger charge is -2.28. The molecule has 1 heterocycles. The second-order valence-electron chi connectivity index (χ2n) is 5.22. The molecule has 0 aromatic heterocycles. The van der Waals surface area contributed by atoms with Gasteiger partial charge in [-0.3, -0.25) is 0 Å². The van der Waals surface area contributed by atoms with E-state index in [-0.39, 0.29) is 6.10 Å². The van der Waals surface area contributed by atoms with Gasteiger partial charge in [-0.2, -0.15) is 0 Å². The first-order valence-electron chi connectivity index (χ1n) is 6.86. The van der Waals surface area contributed by atoms with Crippen LogP contribution in [0.5, 0.6) is 0 Å². The Morgan fingerprint density at radius 2 is 1.75 bits per heavy atom. The minimum absolute atomic E-state index is 0.238. The molecular formula is C14H24O2. The normalized spacial score (nSPS) is 26.2. The zero-order valence-corrected chi connectivity index (χ0v) is 10.2. The first-order valence-corrected chi connectivity index (χ1v) is 6.86. The lowest BCUT2D eigenvalue weighted by atomic mass is 9.83. The molecule has 1 saturated carbocycles. The maximum Gasteiger partial charge on any atom is 0.0876 e. The van der Waals surface area contributed by atoms with Crippen molar-refractivity contribution < 1.29 is 9.84 Å². The van der Waals surface area contributed by atoms with Gasteiger partial charge < -0.3 is 9.84 Å². The molecular weight excluding hydrogens is 200 g/mol. The number of rotatable bonds is 2. The zero-order valence-electron chi connectivity index (χ0n) is 10.2. The van der Waals surface area contributed by atoms with Gasteiger partial charge in [-0.1, -0.05) is 32.1 Å². The summed E-state index contributed by atoms with van der Waals surface area (Å²) < 4.78 is 5.33. The second-order valence-corrected chi connectivity index (χ2v) is 5.22. The Hall–Kier alpha value is -0.500. The number of hydrogen-bond acceptors (Lipinski definition) is 2. The highest BCUT2D eigenvalue weighted by Gasteiger charge is 2.24. The molecule has 0 aromatic rings. The standard InChI is InChI=1S/C14H24O2/c15-14(13-9-6-10-16-11-13)12-7-4-2-1-3-5-8-12/h11-12,14-15H,1-10H2. The van der Waals surface area contributed by atoms with Crippen molar-refractivity contribution in [1.82, 2.24) is 0 Å². The van der Waals surface area contributed by atoms with Crippen molar-refractivity contribution in [3.05, 3.63) is 11.8 Å². The molecule has 1 aliphatic heterocycles. The Bertz CT molecular complexity index is 227. The lowest BCUT2D eigenvalue weighted by molar-refractivity contribution is 0.104. The summed E-state index contributed by atoms with van der Waals surface area (Å²) in [7, 11) is 0. The summed E-state index contributed by atoms with van der Waals surface area (Å²) in [6, 6.07) is 0. The van der Waals surface area contributed by atoms with Crippen molar-refractivity contribution in [2.45, 2.75) is 63.9 Å². The van der Waals surface area contributed by atoms with Crippen molar-refractivity contribution in [1.29, 1.82) is 0 Å². The van der Waals surface area contributed by atoms with Gasteiger partial charge in [-0.15, -0.1) is 0 Å². The number of hydrogen-bond donors (Lipinski definition) is 1. The molecule has 16 heavy (non-hydrogen) atoms. The Morgan fingerprint density at radius 1 is 1.06 bits per heavy atom. The Kier molecular flexibility index (Phi) is 4.70. The smallest absolute Gasteiger partial charge is 0.0876 e. The highest BCUT2D eigenvalue weighted by Crippen LogP contribution is 2.30. The SMILES string of the molecule is OC(C1=COCCC1)C1CCCCCCC1. The van der Waals surface area contributed by atoms with Gasteiger partial charge in [0.15, 0.2) is 0 Å². The molecule has 0 saturated heterocycles. The third-order valence-electron chi connectivity index (χ3n) is 3.94. The minimum atomic E-state index is -0.238. The van der Waals surface area contributed by atoms with Crippen LogP contribution in [0, 0.1) is 5.92 Å². The highest BCUT2D eigenvalue weighted by molar-refractivity contribution is 5.08. The van der Waals surface area contributed by atoms with E-state index in [1.165, 1.54) is 44.9 Å². The molecule has 0 spiro atoms. The largest absolute Gasteiger partial charge is 0.501 e. The fourth-order valence-corrected chi connectivity index (χ4v) is 2.91. The summed E-state index contributed by atoms with van der Waals surface area (Å²) in [6.45, 7) is 0.820. The first-order chi connectivity index (χ1) is 7.88. The van der Waals surface area contributed by atoms with E-state index in [1.54, 1.807) is 0 Å². The number of aliphatic hydroxyl groups is 1. The van der Waals surface area contributed by atoms with Crippen molar-refractivity contribution in [2.75, 3.05) is 6.61 Å². The van der Waals surface area contributed by atoms with Crippen molar-refractivity contribution >= 4 is 0 Å². The predicted octanol–water partition coefficient (Wildman–Crippen LogP) is 3.40. The molecule has 1 fully saturated rings. The zero-order chi connectivity index (χ0) is 11.2. The van der Waals surface area contributed by atoms with E-state index < -0.39 is 0 Å². The fourth-order valence-electron chi connectivity index (χ4n) is 2.91. The average Bonchev–Trinajstić information content (AvgIpc) is 2.29. The van der Waals surface area contributed by atoms with E-state index >= 15 is 0 Å². The highest BCUT2D eigenvalue weighted by atomic mass is 16.5. The molecule has 92 valence electrons. The van der Waals surface area contributed by atoms with Gasteiger partial charge in [0, 0.05) is 0 Å². The summed E-state index contributed by atoms with van der Waals surface area (Å²) in [4.78, 5) is 0. The molecule has 1 aliphatic carbocycles. The molecule has 2 aliphatic rings. The van der Waals surface area contributed by atoms with Gasteiger partial charge in [0.05, 0.1) is 19.0 Å². The first kappa shape index (κ1) is 12.0.